The number of likely N-dealkylation sites (tertiary alicyclic amines) is 1. The number of hydrogen-bond acceptors (Lipinski definition) is 7. The molecule has 0 saturated carbocycles. The average Bonchev–Trinajstić information content (AvgIpc) is 3.22. The van der Waals surface area contributed by atoms with Crippen molar-refractivity contribution in [3.8, 4) is 17.2 Å². The predicted octanol–water partition coefficient (Wildman–Crippen LogP) is 1.78. The van der Waals surface area contributed by atoms with Gasteiger partial charge in [-0.25, -0.2) is 0 Å². The van der Waals surface area contributed by atoms with Crippen LogP contribution in [0, 0.1) is 21.4 Å². The number of pyridine rings is 1. The molecule has 2 aliphatic heterocycles. The molecule has 0 radical (unpaired) electrons. The van der Waals surface area contributed by atoms with Crippen molar-refractivity contribution in [3.63, 3.8) is 0 Å². The lowest BCUT2D eigenvalue weighted by Gasteiger charge is -2.39. The van der Waals surface area contributed by atoms with Gasteiger partial charge in [-0.1, -0.05) is 0 Å². The molecule has 0 spiro atoms. The highest BCUT2D eigenvalue weighted by molar-refractivity contribution is 5.78. The van der Waals surface area contributed by atoms with Gasteiger partial charge in [0.1, 0.15) is 5.69 Å². The number of aliphatic hydroxyl groups is 1. The van der Waals surface area contributed by atoms with Crippen LogP contribution in [0.25, 0.3) is 11.1 Å². The van der Waals surface area contributed by atoms with Gasteiger partial charge in [0.15, 0.2) is 0 Å². The van der Waals surface area contributed by atoms with Crippen molar-refractivity contribution in [1.82, 2.24) is 9.88 Å². The number of fused-ring (bicyclic) bond motifs is 2. The largest absolute Gasteiger partial charge is 0.394 e. The fourth-order valence-electron chi connectivity index (χ4n) is 4.32. The van der Waals surface area contributed by atoms with Gasteiger partial charge in [0.05, 0.1) is 28.7 Å². The lowest BCUT2D eigenvalue weighted by molar-refractivity contribution is -0.384. The van der Waals surface area contributed by atoms with E-state index in [1.807, 2.05) is 11.9 Å². The van der Waals surface area contributed by atoms with Gasteiger partial charge < -0.3 is 10.0 Å². The maximum absolute atomic E-state index is 11.6. The van der Waals surface area contributed by atoms with E-state index in [9.17, 15) is 20.5 Å². The first-order chi connectivity index (χ1) is 13.0. The molecule has 0 aliphatic carbocycles. The van der Waals surface area contributed by atoms with Gasteiger partial charge in [-0.05, 0) is 37.2 Å². The van der Waals surface area contributed by atoms with Crippen LogP contribution in [0.3, 0.4) is 0 Å². The molecule has 2 atom stereocenters. The molecule has 0 unspecified atom stereocenters. The Morgan fingerprint density at radius 2 is 2.30 bits per heavy atom. The number of aromatic nitrogens is 1. The first kappa shape index (κ1) is 17.4. The van der Waals surface area contributed by atoms with E-state index in [1.54, 1.807) is 30.6 Å². The van der Waals surface area contributed by atoms with E-state index >= 15 is 0 Å². The van der Waals surface area contributed by atoms with Crippen molar-refractivity contribution >= 4 is 11.4 Å². The molecule has 4 rings (SSSR count). The van der Waals surface area contributed by atoms with Crippen LogP contribution in [-0.2, 0) is 0 Å². The second kappa shape index (κ2) is 6.30. The fourth-order valence-corrected chi connectivity index (χ4v) is 4.32. The van der Waals surface area contributed by atoms with Crippen LogP contribution in [0.5, 0.6) is 0 Å². The molecule has 1 aromatic carbocycles. The van der Waals surface area contributed by atoms with Crippen LogP contribution < -0.4 is 4.90 Å². The highest BCUT2D eigenvalue weighted by Crippen LogP contribution is 2.45. The zero-order chi connectivity index (χ0) is 19.2. The minimum absolute atomic E-state index is 0.0190. The van der Waals surface area contributed by atoms with Crippen LogP contribution in [0.1, 0.15) is 12.0 Å². The molecule has 3 heterocycles. The number of likely N-dealkylation sites (N-methyl/N-ethyl adjacent to an activating group) is 1. The molecule has 2 aliphatic rings. The van der Waals surface area contributed by atoms with Gasteiger partial charge in [0.25, 0.3) is 5.69 Å². The zero-order valence-corrected chi connectivity index (χ0v) is 14.9. The van der Waals surface area contributed by atoms with E-state index in [1.165, 1.54) is 6.07 Å². The minimum Gasteiger partial charge on any atom is -0.394 e. The van der Waals surface area contributed by atoms with Crippen LogP contribution >= 0.6 is 0 Å². The lowest BCUT2D eigenvalue weighted by Crippen LogP contribution is -2.54. The third kappa shape index (κ3) is 2.63. The Hall–Kier alpha value is -3.02. The molecule has 2 saturated heterocycles. The first-order valence-corrected chi connectivity index (χ1v) is 8.71. The maximum Gasteiger partial charge on any atom is 0.292 e. The highest BCUT2D eigenvalue weighted by Gasteiger charge is 2.53. The van der Waals surface area contributed by atoms with Crippen LogP contribution in [0.4, 0.5) is 11.4 Å². The second-order valence-electron chi connectivity index (χ2n) is 7.24. The van der Waals surface area contributed by atoms with E-state index in [0.29, 0.717) is 23.4 Å². The third-order valence-electron chi connectivity index (χ3n) is 5.84. The van der Waals surface area contributed by atoms with E-state index in [2.05, 4.69) is 16.0 Å². The summed E-state index contributed by atoms with van der Waals surface area (Å²) in [6.45, 7) is 1.30. The van der Waals surface area contributed by atoms with Gasteiger partial charge in [-0.3, -0.25) is 20.0 Å². The van der Waals surface area contributed by atoms with Crippen molar-refractivity contribution in [2.75, 3.05) is 31.6 Å². The van der Waals surface area contributed by atoms with Crippen LogP contribution in [0.2, 0.25) is 0 Å². The van der Waals surface area contributed by atoms with Gasteiger partial charge in [-0.15, -0.1) is 0 Å². The van der Waals surface area contributed by atoms with E-state index in [-0.39, 0.29) is 28.8 Å². The Kier molecular flexibility index (Phi) is 4.06. The van der Waals surface area contributed by atoms with Crippen molar-refractivity contribution in [1.29, 1.82) is 5.26 Å². The Labute approximate surface area is 156 Å². The van der Waals surface area contributed by atoms with Crippen molar-refractivity contribution in [3.05, 3.63) is 52.3 Å². The summed E-state index contributed by atoms with van der Waals surface area (Å²) in [5.41, 5.74) is 2.03. The Morgan fingerprint density at radius 1 is 1.48 bits per heavy atom. The van der Waals surface area contributed by atoms with Crippen molar-refractivity contribution in [2.45, 2.75) is 18.0 Å². The molecular weight excluding hydrogens is 346 g/mol. The average molecular weight is 365 g/mol. The number of nitro groups is 1. The second-order valence-corrected chi connectivity index (χ2v) is 7.24. The van der Waals surface area contributed by atoms with Gasteiger partial charge in [0, 0.05) is 43.2 Å². The molecule has 0 amide bonds. The van der Waals surface area contributed by atoms with Crippen molar-refractivity contribution < 1.29 is 10.0 Å². The Balaban J connectivity index is 1.81. The number of nitrogens with zero attached hydrogens (tertiary/aromatic N) is 5. The number of nitriles is 1. The standard InChI is InChI=1S/C19H19N5O3/c1-22-10-15-7-19(22,12-25)11-23(15)18-6-13(2-3-17(18)24(26)27)16-9-21-5-4-14(16)8-20/h2-6,9,15,25H,7,10-12H2,1H3/t15-,19-/m0/s1. The summed E-state index contributed by atoms with van der Waals surface area (Å²) in [5, 5.41) is 30.9. The summed E-state index contributed by atoms with van der Waals surface area (Å²) < 4.78 is 0. The summed E-state index contributed by atoms with van der Waals surface area (Å²) in [5.74, 6) is 0. The number of hydrogen-bond donors (Lipinski definition) is 1. The topological polar surface area (TPSA) is 107 Å². The number of piperazine rings is 1. The molecular formula is C19H19N5O3. The Morgan fingerprint density at radius 3 is 2.96 bits per heavy atom. The van der Waals surface area contributed by atoms with Crippen LogP contribution in [0.15, 0.2) is 36.7 Å². The van der Waals surface area contributed by atoms with Crippen LogP contribution in [-0.4, -0.2) is 58.2 Å². The zero-order valence-electron chi connectivity index (χ0n) is 14.9. The Bertz CT molecular complexity index is 957. The quantitative estimate of drug-likeness (QED) is 0.650. The highest BCUT2D eigenvalue weighted by atomic mass is 16.6. The molecule has 1 aromatic heterocycles. The van der Waals surface area contributed by atoms with E-state index in [0.717, 1.165) is 18.5 Å². The summed E-state index contributed by atoms with van der Waals surface area (Å²) in [7, 11) is 1.98. The molecule has 2 aromatic rings. The molecule has 2 fully saturated rings. The minimum atomic E-state index is -0.380. The molecule has 27 heavy (non-hydrogen) atoms. The molecule has 8 nitrogen and oxygen atoms in total. The molecule has 2 bridgehead atoms. The summed E-state index contributed by atoms with van der Waals surface area (Å²) >= 11 is 0. The lowest BCUT2D eigenvalue weighted by atomic mass is 10.00. The van der Waals surface area contributed by atoms with Gasteiger partial charge in [0.2, 0.25) is 0 Å². The van der Waals surface area contributed by atoms with Gasteiger partial charge >= 0.3 is 0 Å². The number of nitro benzene ring substituents is 1. The summed E-state index contributed by atoms with van der Waals surface area (Å²) in [6.07, 6.45) is 3.93. The summed E-state index contributed by atoms with van der Waals surface area (Å²) in [6, 6.07) is 8.79. The molecule has 8 heteroatoms. The van der Waals surface area contributed by atoms with Gasteiger partial charge in [-0.2, -0.15) is 5.26 Å². The van der Waals surface area contributed by atoms with E-state index < -0.39 is 0 Å². The smallest absolute Gasteiger partial charge is 0.292 e. The first-order valence-electron chi connectivity index (χ1n) is 8.71. The maximum atomic E-state index is 11.6. The summed E-state index contributed by atoms with van der Waals surface area (Å²) in [4.78, 5) is 19.5. The normalized spacial score (nSPS) is 24.2. The fraction of sp³-hybridized carbons (Fsp3) is 0.368. The predicted molar refractivity (Wildman–Crippen MR) is 99.2 cm³/mol. The molecule has 1 N–H and O–H groups in total. The SMILES string of the molecule is CN1C[C@@H]2C[C@@]1(CO)CN2c1cc(-c2cnccc2C#N)ccc1[N+](=O)[O-]. The third-order valence-corrected chi connectivity index (χ3v) is 5.84. The van der Waals surface area contributed by atoms with E-state index in [4.69, 9.17) is 0 Å². The number of rotatable bonds is 4. The number of anilines is 1. The monoisotopic (exact) mass is 365 g/mol. The number of aliphatic hydroxyl groups excluding tert-OH is 1. The number of benzene rings is 1. The van der Waals surface area contributed by atoms with Crippen molar-refractivity contribution in [2.24, 2.45) is 0 Å². The molecule has 138 valence electrons.